The predicted molar refractivity (Wildman–Crippen MR) is 50.9 cm³/mol. The molecule has 0 saturated carbocycles. The molecule has 2 rings (SSSR count). The van der Waals surface area contributed by atoms with Crippen LogP contribution in [-0.4, -0.2) is 24.9 Å². The molecule has 1 heterocycles. The van der Waals surface area contributed by atoms with Gasteiger partial charge >= 0.3 is 0 Å². The summed E-state index contributed by atoms with van der Waals surface area (Å²) in [4.78, 5) is 0. The van der Waals surface area contributed by atoms with Gasteiger partial charge in [-0.2, -0.15) is 0 Å². The zero-order valence-corrected chi connectivity index (χ0v) is 9.01. The normalized spacial score (nSPS) is 30.5. The Kier molecular flexibility index (Phi) is 2.36. The van der Waals surface area contributed by atoms with Gasteiger partial charge < -0.3 is 9.47 Å². The molecule has 0 radical (unpaired) electrons. The van der Waals surface area contributed by atoms with Gasteiger partial charge in [-0.25, -0.2) is 8.78 Å². The van der Waals surface area contributed by atoms with E-state index in [-0.39, 0.29) is 12.8 Å². The SMILES string of the molecule is FC1(F)C=C(I)C2(CC1)OCCO2. The summed E-state index contributed by atoms with van der Waals surface area (Å²) in [7, 11) is 0. The summed E-state index contributed by atoms with van der Waals surface area (Å²) in [5.41, 5.74) is 0. The van der Waals surface area contributed by atoms with Crippen LogP contribution in [0.3, 0.4) is 0 Å². The number of allylic oxidation sites excluding steroid dienone is 1. The molecule has 5 heteroatoms. The minimum atomic E-state index is -2.70. The largest absolute Gasteiger partial charge is 0.343 e. The molecule has 1 aliphatic carbocycles. The highest BCUT2D eigenvalue weighted by atomic mass is 127. The highest BCUT2D eigenvalue weighted by Crippen LogP contribution is 2.44. The summed E-state index contributed by atoms with van der Waals surface area (Å²) in [5, 5.41) is 0. The van der Waals surface area contributed by atoms with Crippen LogP contribution in [0.2, 0.25) is 0 Å². The van der Waals surface area contributed by atoms with Gasteiger partial charge in [-0.1, -0.05) is 0 Å². The quantitative estimate of drug-likeness (QED) is 0.640. The molecule has 0 amide bonds. The maximum Gasteiger partial charge on any atom is 0.267 e. The Morgan fingerprint density at radius 3 is 2.38 bits per heavy atom. The van der Waals surface area contributed by atoms with Gasteiger partial charge in [0.2, 0.25) is 5.79 Å². The third kappa shape index (κ3) is 1.73. The molecule has 1 fully saturated rings. The molecule has 1 spiro atoms. The van der Waals surface area contributed by atoms with E-state index in [9.17, 15) is 8.78 Å². The first-order chi connectivity index (χ1) is 6.04. The minimum absolute atomic E-state index is 0.195. The second kappa shape index (κ2) is 3.13. The van der Waals surface area contributed by atoms with E-state index in [4.69, 9.17) is 9.47 Å². The van der Waals surface area contributed by atoms with Crippen molar-refractivity contribution in [2.45, 2.75) is 24.6 Å². The van der Waals surface area contributed by atoms with Crippen molar-refractivity contribution in [3.05, 3.63) is 9.66 Å². The first kappa shape index (κ1) is 9.79. The van der Waals surface area contributed by atoms with Crippen molar-refractivity contribution in [1.29, 1.82) is 0 Å². The van der Waals surface area contributed by atoms with Crippen molar-refractivity contribution in [1.82, 2.24) is 0 Å². The van der Waals surface area contributed by atoms with Gasteiger partial charge in [-0.05, 0) is 28.7 Å². The third-order valence-corrected chi connectivity index (χ3v) is 3.38. The maximum atomic E-state index is 12.9. The first-order valence-electron chi connectivity index (χ1n) is 4.09. The smallest absolute Gasteiger partial charge is 0.267 e. The molecule has 0 aromatic carbocycles. The molecule has 0 unspecified atom stereocenters. The highest BCUT2D eigenvalue weighted by molar-refractivity contribution is 14.1. The molecule has 2 nitrogen and oxygen atoms in total. The van der Waals surface area contributed by atoms with E-state index >= 15 is 0 Å². The van der Waals surface area contributed by atoms with Gasteiger partial charge in [0.1, 0.15) is 0 Å². The number of halogens is 3. The van der Waals surface area contributed by atoms with Crippen LogP contribution in [0.15, 0.2) is 9.66 Å². The topological polar surface area (TPSA) is 18.5 Å². The molecular weight excluding hydrogens is 293 g/mol. The summed E-state index contributed by atoms with van der Waals surface area (Å²) < 4.78 is 37.0. The zero-order chi connectivity index (χ0) is 9.53. The van der Waals surface area contributed by atoms with Gasteiger partial charge in [0.25, 0.3) is 5.92 Å². The van der Waals surface area contributed by atoms with Crippen molar-refractivity contribution >= 4 is 22.6 Å². The lowest BCUT2D eigenvalue weighted by molar-refractivity contribution is -0.143. The van der Waals surface area contributed by atoms with Crippen molar-refractivity contribution in [3.8, 4) is 0 Å². The molecule has 74 valence electrons. The molecular formula is C8H9F2IO2. The Hall–Kier alpha value is 0.250. The lowest BCUT2D eigenvalue weighted by Crippen LogP contribution is -2.37. The predicted octanol–water partition coefficient (Wildman–Crippen LogP) is 2.48. The average molecular weight is 302 g/mol. The average Bonchev–Trinajstić information content (AvgIpc) is 2.47. The Balaban J connectivity index is 2.26. The Labute approximate surface area is 88.4 Å². The first-order valence-corrected chi connectivity index (χ1v) is 5.17. The lowest BCUT2D eigenvalue weighted by Gasteiger charge is -2.33. The molecule has 2 aliphatic rings. The van der Waals surface area contributed by atoms with Gasteiger partial charge in [-0.3, -0.25) is 0 Å². The Bertz CT molecular complexity index is 247. The van der Waals surface area contributed by atoms with Crippen molar-refractivity contribution in [2.75, 3.05) is 13.2 Å². The van der Waals surface area contributed by atoms with Gasteiger partial charge in [0.15, 0.2) is 0 Å². The maximum absolute atomic E-state index is 12.9. The van der Waals surface area contributed by atoms with E-state index < -0.39 is 11.7 Å². The lowest BCUT2D eigenvalue weighted by atomic mass is 9.99. The fraction of sp³-hybridized carbons (Fsp3) is 0.750. The van der Waals surface area contributed by atoms with E-state index in [1.807, 2.05) is 22.6 Å². The number of alkyl halides is 2. The van der Waals surface area contributed by atoms with Crippen molar-refractivity contribution in [2.24, 2.45) is 0 Å². The van der Waals surface area contributed by atoms with Crippen LogP contribution in [0, 0.1) is 0 Å². The third-order valence-electron chi connectivity index (χ3n) is 2.24. The summed E-state index contributed by atoms with van der Waals surface area (Å²) in [6, 6.07) is 0. The van der Waals surface area contributed by atoms with Gasteiger partial charge in [0, 0.05) is 12.8 Å². The van der Waals surface area contributed by atoms with Crippen LogP contribution in [0.4, 0.5) is 8.78 Å². The molecule has 1 saturated heterocycles. The van der Waals surface area contributed by atoms with E-state index in [0.29, 0.717) is 16.8 Å². The molecule has 13 heavy (non-hydrogen) atoms. The highest BCUT2D eigenvalue weighted by Gasteiger charge is 2.47. The van der Waals surface area contributed by atoms with E-state index in [1.54, 1.807) is 0 Å². The fourth-order valence-corrected chi connectivity index (χ4v) is 2.59. The molecule has 0 N–H and O–H groups in total. The van der Waals surface area contributed by atoms with Crippen LogP contribution < -0.4 is 0 Å². The van der Waals surface area contributed by atoms with Crippen LogP contribution in [0.1, 0.15) is 12.8 Å². The molecule has 0 atom stereocenters. The number of ether oxygens (including phenoxy) is 2. The summed E-state index contributed by atoms with van der Waals surface area (Å²) in [5.74, 6) is -3.54. The minimum Gasteiger partial charge on any atom is -0.343 e. The van der Waals surface area contributed by atoms with E-state index in [2.05, 4.69) is 0 Å². The van der Waals surface area contributed by atoms with Crippen molar-refractivity contribution in [3.63, 3.8) is 0 Å². The van der Waals surface area contributed by atoms with Crippen LogP contribution in [0.5, 0.6) is 0 Å². The summed E-state index contributed by atoms with van der Waals surface area (Å²) in [6.07, 6.45) is 0.997. The summed E-state index contributed by atoms with van der Waals surface area (Å²) in [6.45, 7) is 0.984. The second-order valence-corrected chi connectivity index (χ2v) is 4.37. The number of rotatable bonds is 0. The summed E-state index contributed by atoms with van der Waals surface area (Å²) >= 11 is 1.87. The van der Waals surface area contributed by atoms with E-state index in [1.165, 1.54) is 0 Å². The Morgan fingerprint density at radius 1 is 1.23 bits per heavy atom. The second-order valence-electron chi connectivity index (χ2n) is 3.20. The monoisotopic (exact) mass is 302 g/mol. The van der Waals surface area contributed by atoms with Crippen LogP contribution in [-0.2, 0) is 9.47 Å². The van der Waals surface area contributed by atoms with Crippen LogP contribution in [0.25, 0.3) is 0 Å². The van der Waals surface area contributed by atoms with E-state index in [0.717, 1.165) is 6.08 Å². The standard InChI is InChI=1S/C8H9F2IO2/c9-7(10)1-2-8(6(11)5-7)12-3-4-13-8/h5H,1-4H2. The van der Waals surface area contributed by atoms with Crippen molar-refractivity contribution < 1.29 is 18.3 Å². The molecule has 0 aromatic rings. The van der Waals surface area contributed by atoms with Crippen LogP contribution >= 0.6 is 22.6 Å². The molecule has 1 aliphatic heterocycles. The fourth-order valence-electron chi connectivity index (χ4n) is 1.56. The zero-order valence-electron chi connectivity index (χ0n) is 6.86. The number of hydrogen-bond acceptors (Lipinski definition) is 2. The Morgan fingerprint density at radius 2 is 1.85 bits per heavy atom. The molecule has 0 bridgehead atoms. The van der Waals surface area contributed by atoms with Gasteiger partial charge in [-0.15, -0.1) is 0 Å². The van der Waals surface area contributed by atoms with Gasteiger partial charge in [0.05, 0.1) is 16.8 Å². The molecule has 0 aromatic heterocycles. The number of hydrogen-bond donors (Lipinski definition) is 0.